The van der Waals surface area contributed by atoms with Crippen molar-refractivity contribution in [3.8, 4) is 5.75 Å². The fourth-order valence-electron chi connectivity index (χ4n) is 2.48. The minimum Gasteiger partial charge on any atom is -0.496 e. The summed E-state index contributed by atoms with van der Waals surface area (Å²) in [6.07, 6.45) is 4.71. The number of aryl methyl sites for hydroxylation is 1. The van der Waals surface area contributed by atoms with E-state index in [4.69, 9.17) is 4.74 Å². The van der Waals surface area contributed by atoms with Crippen molar-refractivity contribution in [2.75, 3.05) is 13.7 Å². The van der Waals surface area contributed by atoms with E-state index in [-0.39, 0.29) is 12.0 Å². The Hall–Kier alpha value is -1.09. The Morgan fingerprint density at radius 3 is 2.56 bits per heavy atom. The number of hydrogen-bond acceptors (Lipinski definition) is 3. The van der Waals surface area contributed by atoms with Crippen molar-refractivity contribution in [1.29, 1.82) is 0 Å². The molecule has 1 atom stereocenters. The van der Waals surface area contributed by atoms with Crippen molar-refractivity contribution in [3.63, 3.8) is 0 Å². The fraction of sp³-hybridized carbons (Fsp3) is 0.667. The van der Waals surface area contributed by atoms with Gasteiger partial charge in [-0.15, -0.1) is 0 Å². The molecule has 0 aliphatic rings. The highest BCUT2D eigenvalue weighted by Gasteiger charge is 2.25. The van der Waals surface area contributed by atoms with Crippen LogP contribution in [-0.4, -0.2) is 23.8 Å². The number of pyridine rings is 1. The third kappa shape index (κ3) is 3.22. The molecule has 3 nitrogen and oxygen atoms in total. The normalized spacial score (nSPS) is 14.3. The number of ether oxygens (including phenoxy) is 1. The van der Waals surface area contributed by atoms with Crippen molar-refractivity contribution in [2.45, 2.75) is 47.0 Å². The average molecular weight is 251 g/mol. The minimum atomic E-state index is -0.0905. The van der Waals surface area contributed by atoms with Crippen LogP contribution in [0.3, 0.4) is 0 Å². The summed E-state index contributed by atoms with van der Waals surface area (Å²) < 4.78 is 5.42. The first-order valence-electron chi connectivity index (χ1n) is 6.57. The largest absolute Gasteiger partial charge is 0.496 e. The fourth-order valence-corrected chi connectivity index (χ4v) is 2.48. The lowest BCUT2D eigenvalue weighted by Crippen LogP contribution is -2.25. The molecule has 0 amide bonds. The molecule has 1 aromatic heterocycles. The van der Waals surface area contributed by atoms with E-state index in [0.29, 0.717) is 0 Å². The van der Waals surface area contributed by atoms with Crippen LogP contribution in [0.25, 0.3) is 0 Å². The predicted octanol–water partition coefficient (Wildman–Crippen LogP) is 3.05. The van der Waals surface area contributed by atoms with Gasteiger partial charge in [0.25, 0.3) is 0 Å². The van der Waals surface area contributed by atoms with Crippen LogP contribution in [0.2, 0.25) is 0 Å². The molecule has 0 aromatic carbocycles. The Balaban J connectivity index is 3.04. The second-order valence-electron chi connectivity index (χ2n) is 5.44. The molecule has 1 rings (SSSR count). The second kappa shape index (κ2) is 6.19. The van der Waals surface area contributed by atoms with Crippen molar-refractivity contribution < 1.29 is 9.84 Å². The first-order chi connectivity index (χ1) is 8.47. The van der Waals surface area contributed by atoms with Crippen molar-refractivity contribution in [3.05, 3.63) is 23.0 Å². The number of hydrogen-bond donors (Lipinski definition) is 1. The summed E-state index contributed by atoms with van der Waals surface area (Å²) in [6.45, 7) is 8.49. The van der Waals surface area contributed by atoms with E-state index >= 15 is 0 Å². The number of aromatic nitrogens is 1. The zero-order valence-electron chi connectivity index (χ0n) is 12.2. The lowest BCUT2D eigenvalue weighted by Gasteiger charge is -2.27. The molecule has 1 N–H and O–H groups in total. The molecule has 102 valence electrons. The van der Waals surface area contributed by atoms with Crippen LogP contribution in [0.4, 0.5) is 0 Å². The van der Waals surface area contributed by atoms with Crippen molar-refractivity contribution in [2.24, 2.45) is 5.41 Å². The van der Waals surface area contributed by atoms with Gasteiger partial charge in [0.1, 0.15) is 5.75 Å². The van der Waals surface area contributed by atoms with Gasteiger partial charge in [0.05, 0.1) is 7.11 Å². The van der Waals surface area contributed by atoms with Crippen LogP contribution in [0.1, 0.15) is 43.5 Å². The number of aliphatic hydroxyl groups is 1. The lowest BCUT2D eigenvalue weighted by molar-refractivity contribution is 0.130. The molecular formula is C15H25NO2. The minimum absolute atomic E-state index is 0.0905. The summed E-state index contributed by atoms with van der Waals surface area (Å²) >= 11 is 0. The molecule has 1 aromatic rings. The summed E-state index contributed by atoms with van der Waals surface area (Å²) in [7, 11) is 1.69. The van der Waals surface area contributed by atoms with Crippen molar-refractivity contribution in [1.82, 2.24) is 4.98 Å². The standard InChI is InChI=1S/C15H25NO2/c1-6-7-15(4,10-17)8-13-12(3)14(18-5)11(2)9-16-13/h9,17H,6-8,10H2,1-5H3. The van der Waals surface area contributed by atoms with Gasteiger partial charge in [0, 0.05) is 29.6 Å². The summed E-state index contributed by atoms with van der Waals surface area (Å²) in [5, 5.41) is 9.59. The topological polar surface area (TPSA) is 42.4 Å². The summed E-state index contributed by atoms with van der Waals surface area (Å²) in [4.78, 5) is 4.51. The first-order valence-corrected chi connectivity index (χ1v) is 6.57. The Labute approximate surface area is 110 Å². The van der Waals surface area contributed by atoms with Gasteiger partial charge >= 0.3 is 0 Å². The van der Waals surface area contributed by atoms with Crippen LogP contribution >= 0.6 is 0 Å². The highest BCUT2D eigenvalue weighted by molar-refractivity contribution is 5.41. The molecule has 0 aliphatic carbocycles. The molecular weight excluding hydrogens is 226 g/mol. The van der Waals surface area contributed by atoms with Gasteiger partial charge < -0.3 is 9.84 Å². The second-order valence-corrected chi connectivity index (χ2v) is 5.44. The molecule has 1 unspecified atom stereocenters. The molecule has 18 heavy (non-hydrogen) atoms. The predicted molar refractivity (Wildman–Crippen MR) is 74.1 cm³/mol. The third-order valence-corrected chi connectivity index (χ3v) is 3.58. The average Bonchev–Trinajstić information content (AvgIpc) is 2.34. The molecule has 0 saturated carbocycles. The van der Waals surface area contributed by atoms with Gasteiger partial charge in [-0.1, -0.05) is 20.3 Å². The van der Waals surface area contributed by atoms with Gasteiger partial charge in [0.15, 0.2) is 0 Å². The van der Waals surface area contributed by atoms with Crippen LogP contribution in [0.5, 0.6) is 5.75 Å². The van der Waals surface area contributed by atoms with E-state index in [9.17, 15) is 5.11 Å². The highest BCUT2D eigenvalue weighted by Crippen LogP contribution is 2.31. The molecule has 1 heterocycles. The van der Waals surface area contributed by atoms with E-state index in [1.807, 2.05) is 20.0 Å². The molecule has 0 fully saturated rings. The Kier molecular flexibility index (Phi) is 5.15. The van der Waals surface area contributed by atoms with E-state index < -0.39 is 0 Å². The zero-order chi connectivity index (χ0) is 13.8. The number of methoxy groups -OCH3 is 1. The van der Waals surface area contributed by atoms with E-state index in [1.165, 1.54) is 0 Å². The molecule has 0 aliphatic heterocycles. The molecule has 0 spiro atoms. The third-order valence-electron chi connectivity index (χ3n) is 3.58. The van der Waals surface area contributed by atoms with Crippen LogP contribution in [0.15, 0.2) is 6.20 Å². The maximum atomic E-state index is 9.59. The van der Waals surface area contributed by atoms with Gasteiger partial charge in [0.2, 0.25) is 0 Å². The van der Waals surface area contributed by atoms with Gasteiger partial charge in [-0.05, 0) is 32.1 Å². The maximum absolute atomic E-state index is 9.59. The monoisotopic (exact) mass is 251 g/mol. The maximum Gasteiger partial charge on any atom is 0.128 e. The zero-order valence-corrected chi connectivity index (χ0v) is 12.2. The summed E-state index contributed by atoms with van der Waals surface area (Å²) in [5.74, 6) is 0.914. The smallest absolute Gasteiger partial charge is 0.128 e. The summed E-state index contributed by atoms with van der Waals surface area (Å²) in [6, 6.07) is 0. The first kappa shape index (κ1) is 15.0. The quantitative estimate of drug-likeness (QED) is 0.845. The van der Waals surface area contributed by atoms with E-state index in [0.717, 1.165) is 41.8 Å². The molecule has 0 radical (unpaired) electrons. The summed E-state index contributed by atoms with van der Waals surface area (Å²) in [5.41, 5.74) is 3.09. The Bertz CT molecular complexity index is 404. The Morgan fingerprint density at radius 2 is 2.06 bits per heavy atom. The Morgan fingerprint density at radius 1 is 1.39 bits per heavy atom. The SMILES string of the molecule is CCCC(C)(CO)Cc1ncc(C)c(OC)c1C. The molecule has 0 bridgehead atoms. The lowest BCUT2D eigenvalue weighted by atomic mass is 9.81. The number of nitrogens with zero attached hydrogens (tertiary/aromatic N) is 1. The van der Waals surface area contributed by atoms with Crippen molar-refractivity contribution >= 4 is 0 Å². The highest BCUT2D eigenvalue weighted by atomic mass is 16.5. The van der Waals surface area contributed by atoms with Gasteiger partial charge in [-0.3, -0.25) is 4.98 Å². The molecule has 3 heteroatoms. The number of aliphatic hydroxyl groups excluding tert-OH is 1. The van der Waals surface area contributed by atoms with Crippen LogP contribution in [-0.2, 0) is 6.42 Å². The van der Waals surface area contributed by atoms with E-state index in [1.54, 1.807) is 7.11 Å². The van der Waals surface area contributed by atoms with E-state index in [2.05, 4.69) is 18.8 Å². The van der Waals surface area contributed by atoms with Crippen LogP contribution < -0.4 is 4.74 Å². The molecule has 0 saturated heterocycles. The number of rotatable bonds is 6. The van der Waals surface area contributed by atoms with Gasteiger partial charge in [-0.25, -0.2) is 0 Å². The van der Waals surface area contributed by atoms with Gasteiger partial charge in [-0.2, -0.15) is 0 Å². The van der Waals surface area contributed by atoms with Crippen LogP contribution in [0, 0.1) is 19.3 Å².